The molecule has 0 bridgehead atoms. The summed E-state index contributed by atoms with van der Waals surface area (Å²) in [7, 11) is 0. The molecular weight excluding hydrogens is 282 g/mol. The van der Waals surface area contributed by atoms with Crippen molar-refractivity contribution in [2.75, 3.05) is 19.6 Å². The van der Waals surface area contributed by atoms with Crippen molar-refractivity contribution in [2.24, 2.45) is 0 Å². The summed E-state index contributed by atoms with van der Waals surface area (Å²) in [4.78, 5) is 2.37. The number of aryl methyl sites for hydroxylation is 1. The van der Waals surface area contributed by atoms with Crippen LogP contribution < -0.4 is 0 Å². The number of aromatic nitrogens is 2. The van der Waals surface area contributed by atoms with Gasteiger partial charge in [-0.3, -0.25) is 4.68 Å². The van der Waals surface area contributed by atoms with Crippen LogP contribution in [0.4, 0.5) is 0 Å². The quantitative estimate of drug-likeness (QED) is 0.928. The summed E-state index contributed by atoms with van der Waals surface area (Å²) in [5.41, 5.74) is 0.215. The molecule has 1 aliphatic rings. The monoisotopic (exact) mass is 301 g/mol. The van der Waals surface area contributed by atoms with Crippen LogP contribution in [0.15, 0.2) is 10.7 Å². The molecule has 17 heavy (non-hydrogen) atoms. The summed E-state index contributed by atoms with van der Waals surface area (Å²) in [6.07, 6.45) is 3.35. The van der Waals surface area contributed by atoms with E-state index in [1.807, 2.05) is 11.6 Å². The molecule has 0 radical (unpaired) electrons. The number of piperidine rings is 1. The lowest BCUT2D eigenvalue weighted by molar-refractivity contribution is -0.0320. The van der Waals surface area contributed by atoms with Gasteiger partial charge in [0.05, 0.1) is 16.4 Å². The lowest BCUT2D eigenvalue weighted by Gasteiger charge is -2.38. The Balaban J connectivity index is 2.24. The first kappa shape index (κ1) is 13.1. The third kappa shape index (κ3) is 2.41. The van der Waals surface area contributed by atoms with Gasteiger partial charge in [0.25, 0.3) is 0 Å². The predicted octanol–water partition coefficient (Wildman–Crippen LogP) is 1.97. The first-order chi connectivity index (χ1) is 8.10. The Kier molecular flexibility index (Phi) is 3.90. The van der Waals surface area contributed by atoms with Crippen LogP contribution in [0.3, 0.4) is 0 Å². The average molecular weight is 302 g/mol. The second-order valence-corrected chi connectivity index (χ2v) is 5.48. The predicted molar refractivity (Wildman–Crippen MR) is 70.8 cm³/mol. The van der Waals surface area contributed by atoms with Gasteiger partial charge < -0.3 is 10.0 Å². The number of nitrogens with zero attached hydrogens (tertiary/aromatic N) is 3. The standard InChI is InChI=1S/C12H20BrN3O/c1-3-15-7-5-12(17,6-8-15)11-10(13)9-14-16(11)4-2/h9,17H,3-8H2,1-2H3. The molecule has 1 N–H and O–H groups in total. The van der Waals surface area contributed by atoms with Crippen molar-refractivity contribution in [1.82, 2.24) is 14.7 Å². The Morgan fingerprint density at radius 1 is 1.35 bits per heavy atom. The highest BCUT2D eigenvalue weighted by molar-refractivity contribution is 9.10. The topological polar surface area (TPSA) is 41.3 Å². The van der Waals surface area contributed by atoms with Crippen LogP contribution in [0.1, 0.15) is 32.4 Å². The normalized spacial score (nSPS) is 20.7. The molecule has 0 unspecified atom stereocenters. The second kappa shape index (κ2) is 5.08. The lowest BCUT2D eigenvalue weighted by atomic mass is 9.88. The molecule has 1 aromatic heterocycles. The van der Waals surface area contributed by atoms with E-state index >= 15 is 0 Å². The Labute approximate surface area is 111 Å². The molecule has 2 heterocycles. The molecular formula is C12H20BrN3O. The fraction of sp³-hybridized carbons (Fsp3) is 0.750. The van der Waals surface area contributed by atoms with Crippen LogP contribution in [0, 0.1) is 0 Å². The summed E-state index contributed by atoms with van der Waals surface area (Å²) in [6, 6.07) is 0. The summed E-state index contributed by atoms with van der Waals surface area (Å²) in [5, 5.41) is 15.1. The molecule has 5 heteroatoms. The van der Waals surface area contributed by atoms with Gasteiger partial charge in [-0.2, -0.15) is 5.10 Å². The van der Waals surface area contributed by atoms with E-state index in [-0.39, 0.29) is 0 Å². The minimum atomic E-state index is -0.725. The summed E-state index contributed by atoms with van der Waals surface area (Å²) < 4.78 is 2.82. The van der Waals surface area contributed by atoms with Gasteiger partial charge >= 0.3 is 0 Å². The molecule has 0 saturated carbocycles. The number of hydrogen-bond acceptors (Lipinski definition) is 3. The number of hydrogen-bond donors (Lipinski definition) is 1. The highest BCUT2D eigenvalue weighted by atomic mass is 79.9. The molecule has 1 aliphatic heterocycles. The van der Waals surface area contributed by atoms with Crippen LogP contribution in [0.2, 0.25) is 0 Å². The van der Waals surface area contributed by atoms with E-state index in [1.165, 1.54) is 0 Å². The van der Waals surface area contributed by atoms with Crippen molar-refractivity contribution >= 4 is 15.9 Å². The molecule has 0 spiro atoms. The van der Waals surface area contributed by atoms with Gasteiger partial charge in [-0.15, -0.1) is 0 Å². The zero-order valence-corrected chi connectivity index (χ0v) is 12.1. The molecule has 1 fully saturated rings. The minimum absolute atomic E-state index is 0.725. The maximum Gasteiger partial charge on any atom is 0.110 e. The molecule has 96 valence electrons. The van der Waals surface area contributed by atoms with Crippen molar-refractivity contribution < 1.29 is 5.11 Å². The van der Waals surface area contributed by atoms with Crippen molar-refractivity contribution in [3.8, 4) is 0 Å². The molecule has 4 nitrogen and oxygen atoms in total. The molecule has 0 amide bonds. The third-order valence-corrected chi connectivity index (χ3v) is 4.25. The lowest BCUT2D eigenvalue weighted by Crippen LogP contribution is -2.43. The number of likely N-dealkylation sites (tertiary alicyclic amines) is 1. The van der Waals surface area contributed by atoms with E-state index < -0.39 is 5.60 Å². The summed E-state index contributed by atoms with van der Waals surface area (Å²) >= 11 is 3.50. The van der Waals surface area contributed by atoms with Gasteiger partial charge in [-0.25, -0.2) is 0 Å². The fourth-order valence-electron chi connectivity index (χ4n) is 2.54. The Bertz CT molecular complexity index is 383. The van der Waals surface area contributed by atoms with Crippen molar-refractivity contribution in [3.63, 3.8) is 0 Å². The minimum Gasteiger partial charge on any atom is -0.383 e. The SMILES string of the molecule is CCN1CCC(O)(c2c(Br)cnn2CC)CC1. The largest absolute Gasteiger partial charge is 0.383 e. The second-order valence-electron chi connectivity index (χ2n) is 4.62. The molecule has 0 atom stereocenters. The highest BCUT2D eigenvalue weighted by Crippen LogP contribution is 2.36. The van der Waals surface area contributed by atoms with E-state index in [0.29, 0.717) is 0 Å². The van der Waals surface area contributed by atoms with E-state index in [4.69, 9.17) is 0 Å². The first-order valence-electron chi connectivity index (χ1n) is 6.27. The smallest absolute Gasteiger partial charge is 0.110 e. The van der Waals surface area contributed by atoms with Gasteiger partial charge in [0, 0.05) is 19.6 Å². The van der Waals surface area contributed by atoms with Gasteiger partial charge in [0.2, 0.25) is 0 Å². The van der Waals surface area contributed by atoms with Gasteiger partial charge in [-0.05, 0) is 42.2 Å². The molecule has 0 aliphatic carbocycles. The number of aliphatic hydroxyl groups is 1. The van der Waals surface area contributed by atoms with Crippen LogP contribution in [0.5, 0.6) is 0 Å². The van der Waals surface area contributed by atoms with Gasteiger partial charge in [-0.1, -0.05) is 6.92 Å². The van der Waals surface area contributed by atoms with Gasteiger partial charge in [0.1, 0.15) is 5.60 Å². The number of rotatable bonds is 3. The van der Waals surface area contributed by atoms with E-state index in [2.05, 4.69) is 32.9 Å². The maximum atomic E-state index is 10.8. The van der Waals surface area contributed by atoms with Crippen LogP contribution in [-0.2, 0) is 12.1 Å². The molecule has 0 aromatic carbocycles. The molecule has 2 rings (SSSR count). The Morgan fingerprint density at radius 2 is 2.00 bits per heavy atom. The van der Waals surface area contributed by atoms with Crippen molar-refractivity contribution in [1.29, 1.82) is 0 Å². The van der Waals surface area contributed by atoms with Crippen LogP contribution in [-0.4, -0.2) is 39.4 Å². The average Bonchev–Trinajstić information content (AvgIpc) is 2.72. The van der Waals surface area contributed by atoms with E-state index in [0.717, 1.165) is 49.2 Å². The highest BCUT2D eigenvalue weighted by Gasteiger charge is 2.37. The fourth-order valence-corrected chi connectivity index (χ4v) is 3.21. The van der Waals surface area contributed by atoms with Crippen LogP contribution >= 0.6 is 15.9 Å². The third-order valence-electron chi connectivity index (χ3n) is 3.67. The molecule has 1 saturated heterocycles. The van der Waals surface area contributed by atoms with Crippen molar-refractivity contribution in [3.05, 3.63) is 16.4 Å². The zero-order chi connectivity index (χ0) is 12.5. The van der Waals surface area contributed by atoms with Crippen molar-refractivity contribution in [2.45, 2.75) is 38.8 Å². The Morgan fingerprint density at radius 3 is 2.53 bits per heavy atom. The first-order valence-corrected chi connectivity index (χ1v) is 7.06. The molecule has 1 aromatic rings. The van der Waals surface area contributed by atoms with E-state index in [9.17, 15) is 5.11 Å². The van der Waals surface area contributed by atoms with E-state index in [1.54, 1.807) is 6.20 Å². The maximum absolute atomic E-state index is 10.8. The summed E-state index contributed by atoms with van der Waals surface area (Å²) in [6.45, 7) is 7.97. The number of halogens is 1. The van der Waals surface area contributed by atoms with Crippen LogP contribution in [0.25, 0.3) is 0 Å². The summed E-state index contributed by atoms with van der Waals surface area (Å²) in [5.74, 6) is 0. The zero-order valence-electron chi connectivity index (χ0n) is 10.5. The Hall–Kier alpha value is -0.390. The van der Waals surface area contributed by atoms with Gasteiger partial charge in [0.15, 0.2) is 0 Å².